The van der Waals surface area contributed by atoms with Crippen molar-refractivity contribution in [3.05, 3.63) is 46.6 Å². The van der Waals surface area contributed by atoms with Crippen molar-refractivity contribution in [3.63, 3.8) is 0 Å². The average molecular weight is 277 g/mol. The lowest BCUT2D eigenvalue weighted by Gasteiger charge is -2.18. The summed E-state index contributed by atoms with van der Waals surface area (Å²) in [5.74, 6) is 0.356. The van der Waals surface area contributed by atoms with Crippen LogP contribution in [0.2, 0.25) is 0 Å². The van der Waals surface area contributed by atoms with Crippen LogP contribution in [0.4, 0.5) is 4.39 Å². The third-order valence-electron chi connectivity index (χ3n) is 3.38. The Hall–Kier alpha value is -1.19. The lowest BCUT2D eigenvalue weighted by molar-refractivity contribution is 0.449. The average Bonchev–Trinajstić information content (AvgIpc) is 2.82. The minimum Gasteiger partial charge on any atom is -0.312 e. The molecule has 0 bridgehead atoms. The largest absolute Gasteiger partial charge is 0.312 e. The molecule has 0 amide bonds. The second kappa shape index (κ2) is 5.85. The van der Waals surface area contributed by atoms with Gasteiger partial charge < -0.3 is 5.32 Å². The second-order valence-electron chi connectivity index (χ2n) is 5.17. The lowest BCUT2D eigenvalue weighted by atomic mass is 10.0. The van der Waals surface area contributed by atoms with Gasteiger partial charge in [-0.15, -0.1) is 11.3 Å². The predicted molar refractivity (Wildman–Crippen MR) is 81.1 cm³/mol. The molecule has 102 valence electrons. The van der Waals surface area contributed by atoms with Crippen LogP contribution in [-0.4, -0.2) is 7.05 Å². The van der Waals surface area contributed by atoms with Crippen LogP contribution in [0.1, 0.15) is 30.3 Å². The Balaban J connectivity index is 2.38. The maximum atomic E-state index is 13.4. The van der Waals surface area contributed by atoms with Crippen LogP contribution in [-0.2, 0) is 0 Å². The van der Waals surface area contributed by atoms with Crippen molar-refractivity contribution in [2.75, 3.05) is 7.05 Å². The van der Waals surface area contributed by atoms with Crippen LogP contribution in [0.3, 0.4) is 0 Å². The number of hydrogen-bond donors (Lipinski definition) is 1. The fraction of sp³-hybridized carbons (Fsp3) is 0.375. The first kappa shape index (κ1) is 14.2. The van der Waals surface area contributed by atoms with Gasteiger partial charge in [-0.05, 0) is 55.3 Å². The molecule has 1 atom stereocenters. The molecule has 2 rings (SSSR count). The maximum Gasteiger partial charge on any atom is 0.123 e. The third kappa shape index (κ3) is 3.04. The molecule has 0 saturated heterocycles. The van der Waals surface area contributed by atoms with E-state index in [1.165, 1.54) is 10.9 Å². The summed E-state index contributed by atoms with van der Waals surface area (Å²) >= 11 is 1.74. The zero-order valence-electron chi connectivity index (χ0n) is 11.8. The summed E-state index contributed by atoms with van der Waals surface area (Å²) in [6, 6.07) is 9.56. The van der Waals surface area contributed by atoms with Gasteiger partial charge in [0.2, 0.25) is 0 Å². The topological polar surface area (TPSA) is 12.0 Å². The molecule has 0 spiro atoms. The Morgan fingerprint density at radius 2 is 1.89 bits per heavy atom. The zero-order chi connectivity index (χ0) is 14.0. The molecular formula is C16H20FNS. The van der Waals surface area contributed by atoms with Gasteiger partial charge in [-0.25, -0.2) is 4.39 Å². The smallest absolute Gasteiger partial charge is 0.123 e. The Bertz CT molecular complexity index is 560. The van der Waals surface area contributed by atoms with E-state index in [4.69, 9.17) is 0 Å². The quantitative estimate of drug-likeness (QED) is 0.848. The number of aryl methyl sites for hydroxylation is 1. The summed E-state index contributed by atoms with van der Waals surface area (Å²) in [5, 5.41) is 3.34. The number of benzene rings is 1. The Kier molecular flexibility index (Phi) is 4.38. The Morgan fingerprint density at radius 1 is 1.16 bits per heavy atom. The highest BCUT2D eigenvalue weighted by Crippen LogP contribution is 2.35. The second-order valence-corrected chi connectivity index (χ2v) is 6.29. The van der Waals surface area contributed by atoms with Crippen molar-refractivity contribution in [2.24, 2.45) is 5.92 Å². The third-order valence-corrected chi connectivity index (χ3v) is 4.58. The van der Waals surface area contributed by atoms with Gasteiger partial charge in [-0.3, -0.25) is 0 Å². The molecule has 0 radical (unpaired) electrons. The van der Waals surface area contributed by atoms with E-state index >= 15 is 0 Å². The zero-order valence-corrected chi connectivity index (χ0v) is 12.6. The van der Waals surface area contributed by atoms with Gasteiger partial charge in [0.05, 0.1) is 0 Å². The molecule has 0 aliphatic rings. The van der Waals surface area contributed by atoms with Gasteiger partial charge in [0.25, 0.3) is 0 Å². The van der Waals surface area contributed by atoms with Gasteiger partial charge in [0.15, 0.2) is 0 Å². The molecule has 0 aliphatic carbocycles. The maximum absolute atomic E-state index is 13.4. The summed E-state index contributed by atoms with van der Waals surface area (Å²) in [6.45, 7) is 6.42. The fourth-order valence-corrected chi connectivity index (χ4v) is 3.70. The van der Waals surface area contributed by atoms with E-state index in [2.05, 4.69) is 31.3 Å². The van der Waals surface area contributed by atoms with Crippen molar-refractivity contribution < 1.29 is 4.39 Å². The van der Waals surface area contributed by atoms with Crippen LogP contribution in [0.15, 0.2) is 30.3 Å². The SMILES string of the molecule is CNC(c1ccc(-c2cc(F)ccc2C)s1)C(C)C. The standard InChI is InChI=1S/C16H20FNS/c1-10(2)16(18-4)15-8-7-14(19-15)13-9-12(17)6-5-11(13)3/h5-10,16,18H,1-4H3. The summed E-state index contributed by atoms with van der Waals surface area (Å²) < 4.78 is 13.4. The van der Waals surface area contributed by atoms with Crippen LogP contribution in [0.25, 0.3) is 10.4 Å². The minimum atomic E-state index is -0.176. The molecule has 1 N–H and O–H groups in total. The number of rotatable bonds is 4. The van der Waals surface area contributed by atoms with E-state index in [9.17, 15) is 4.39 Å². The molecule has 19 heavy (non-hydrogen) atoms. The Morgan fingerprint density at radius 3 is 2.53 bits per heavy atom. The molecule has 1 heterocycles. The van der Waals surface area contributed by atoms with Gasteiger partial charge in [-0.2, -0.15) is 0 Å². The highest BCUT2D eigenvalue weighted by atomic mass is 32.1. The van der Waals surface area contributed by atoms with Crippen molar-refractivity contribution in [1.29, 1.82) is 0 Å². The van der Waals surface area contributed by atoms with Crippen LogP contribution in [0.5, 0.6) is 0 Å². The first-order chi connectivity index (χ1) is 9.02. The van der Waals surface area contributed by atoms with Crippen LogP contribution >= 0.6 is 11.3 Å². The van der Waals surface area contributed by atoms with Gasteiger partial charge >= 0.3 is 0 Å². The number of halogens is 1. The number of hydrogen-bond acceptors (Lipinski definition) is 2. The highest BCUT2D eigenvalue weighted by Gasteiger charge is 2.16. The molecule has 1 unspecified atom stereocenters. The molecule has 1 aromatic heterocycles. The number of thiophene rings is 1. The van der Waals surface area contributed by atoms with Crippen molar-refractivity contribution >= 4 is 11.3 Å². The summed E-state index contributed by atoms with van der Waals surface area (Å²) in [6.07, 6.45) is 0. The summed E-state index contributed by atoms with van der Waals surface area (Å²) in [4.78, 5) is 2.43. The van der Waals surface area contributed by atoms with E-state index in [1.54, 1.807) is 17.4 Å². The van der Waals surface area contributed by atoms with Crippen molar-refractivity contribution in [3.8, 4) is 10.4 Å². The summed E-state index contributed by atoms with van der Waals surface area (Å²) in [7, 11) is 1.98. The summed E-state index contributed by atoms with van der Waals surface area (Å²) in [5.41, 5.74) is 2.11. The fourth-order valence-electron chi connectivity index (χ4n) is 2.33. The van der Waals surface area contributed by atoms with E-state index in [1.807, 2.05) is 20.0 Å². The molecular weight excluding hydrogens is 257 g/mol. The number of nitrogens with one attached hydrogen (secondary N) is 1. The molecule has 1 nitrogen and oxygen atoms in total. The van der Waals surface area contributed by atoms with Crippen molar-refractivity contribution in [1.82, 2.24) is 5.32 Å². The van der Waals surface area contributed by atoms with Gasteiger partial charge in [-0.1, -0.05) is 19.9 Å². The predicted octanol–water partition coefficient (Wildman–Crippen LogP) is 4.78. The van der Waals surface area contributed by atoms with E-state index in [0.717, 1.165) is 16.0 Å². The molecule has 2 aromatic rings. The first-order valence-corrected chi connectivity index (χ1v) is 7.38. The lowest BCUT2D eigenvalue weighted by Crippen LogP contribution is -2.20. The molecule has 3 heteroatoms. The van der Waals surface area contributed by atoms with Crippen LogP contribution < -0.4 is 5.32 Å². The normalized spacial score (nSPS) is 12.9. The van der Waals surface area contributed by atoms with Crippen LogP contribution in [0, 0.1) is 18.7 Å². The molecule has 0 saturated carbocycles. The van der Waals surface area contributed by atoms with Gasteiger partial charge in [0, 0.05) is 15.8 Å². The van der Waals surface area contributed by atoms with E-state index in [0.29, 0.717) is 12.0 Å². The minimum absolute atomic E-state index is 0.176. The molecule has 0 aliphatic heterocycles. The molecule has 0 fully saturated rings. The highest BCUT2D eigenvalue weighted by molar-refractivity contribution is 7.15. The Labute approximate surface area is 118 Å². The van der Waals surface area contributed by atoms with Crippen molar-refractivity contribution in [2.45, 2.75) is 26.8 Å². The van der Waals surface area contributed by atoms with E-state index in [-0.39, 0.29) is 5.82 Å². The van der Waals surface area contributed by atoms with E-state index < -0.39 is 0 Å². The van der Waals surface area contributed by atoms with Gasteiger partial charge in [0.1, 0.15) is 5.82 Å². The first-order valence-electron chi connectivity index (χ1n) is 6.56. The monoisotopic (exact) mass is 277 g/mol. The molecule has 1 aromatic carbocycles.